The third-order valence-corrected chi connectivity index (χ3v) is 2.35. The molecule has 3 heteroatoms. The van der Waals surface area contributed by atoms with Gasteiger partial charge in [0.25, 0.3) is 0 Å². The molecule has 0 amide bonds. The third kappa shape index (κ3) is 1.49. The van der Waals surface area contributed by atoms with Crippen molar-refractivity contribution in [2.24, 2.45) is 0 Å². The molecule has 0 atom stereocenters. The average Bonchev–Trinajstić information content (AvgIpc) is 2.08. The molecule has 2 aromatic rings. The van der Waals surface area contributed by atoms with Gasteiger partial charge in [-0.3, -0.25) is 4.98 Å². The molecule has 0 spiro atoms. The lowest BCUT2D eigenvalue weighted by molar-refractivity contribution is 1.18. The number of hydrogen-bond donors (Lipinski definition) is 0. The molecule has 0 radical (unpaired) electrons. The van der Waals surface area contributed by atoms with Gasteiger partial charge in [0.1, 0.15) is 0 Å². The number of benzene rings is 1. The lowest BCUT2D eigenvalue weighted by Crippen LogP contribution is -1.88. The van der Waals surface area contributed by atoms with Crippen molar-refractivity contribution in [1.29, 1.82) is 0 Å². The standard InChI is InChI=1S/C10H9ClN2/c1-6-3-9-10(4-8(6)11)13-7(2)5-12-9/h3-5H,1-2H3. The minimum atomic E-state index is 0.743. The maximum Gasteiger partial charge on any atom is 0.0905 e. The maximum absolute atomic E-state index is 5.97. The average molecular weight is 193 g/mol. The number of aromatic nitrogens is 2. The molecule has 66 valence electrons. The largest absolute Gasteiger partial charge is 0.253 e. The van der Waals surface area contributed by atoms with E-state index in [0.29, 0.717) is 0 Å². The van der Waals surface area contributed by atoms with Crippen LogP contribution >= 0.6 is 11.6 Å². The van der Waals surface area contributed by atoms with Gasteiger partial charge in [0.05, 0.1) is 16.7 Å². The molecule has 1 heterocycles. The van der Waals surface area contributed by atoms with Crippen LogP contribution in [0, 0.1) is 13.8 Å². The van der Waals surface area contributed by atoms with Crippen molar-refractivity contribution in [3.05, 3.63) is 34.6 Å². The topological polar surface area (TPSA) is 25.8 Å². The Bertz CT molecular complexity index is 466. The first-order chi connectivity index (χ1) is 6.16. The number of nitrogens with zero attached hydrogens (tertiary/aromatic N) is 2. The van der Waals surface area contributed by atoms with E-state index in [-0.39, 0.29) is 0 Å². The molecule has 0 fully saturated rings. The second-order valence-corrected chi connectivity index (χ2v) is 3.51. The highest BCUT2D eigenvalue weighted by molar-refractivity contribution is 6.32. The Morgan fingerprint density at radius 3 is 2.69 bits per heavy atom. The summed E-state index contributed by atoms with van der Waals surface area (Å²) in [6, 6.07) is 3.80. The number of aryl methyl sites for hydroxylation is 2. The SMILES string of the molecule is Cc1cnc2cc(C)c(Cl)cc2n1. The van der Waals surface area contributed by atoms with Crippen molar-refractivity contribution >= 4 is 22.6 Å². The molecule has 0 aliphatic rings. The third-order valence-electron chi connectivity index (χ3n) is 1.94. The van der Waals surface area contributed by atoms with Crippen LogP contribution in [-0.2, 0) is 0 Å². The van der Waals surface area contributed by atoms with Gasteiger partial charge in [-0.25, -0.2) is 4.98 Å². The highest BCUT2D eigenvalue weighted by atomic mass is 35.5. The quantitative estimate of drug-likeness (QED) is 0.642. The van der Waals surface area contributed by atoms with Crippen LogP contribution in [0.3, 0.4) is 0 Å². The first-order valence-electron chi connectivity index (χ1n) is 4.06. The molecule has 1 aromatic carbocycles. The predicted octanol–water partition coefficient (Wildman–Crippen LogP) is 2.90. The second-order valence-electron chi connectivity index (χ2n) is 3.10. The summed E-state index contributed by atoms with van der Waals surface area (Å²) in [5.41, 5.74) is 3.70. The Morgan fingerprint density at radius 1 is 1.15 bits per heavy atom. The summed E-state index contributed by atoms with van der Waals surface area (Å²) in [6.07, 6.45) is 1.76. The Hall–Kier alpha value is -1.15. The molecule has 2 rings (SSSR count). The van der Waals surface area contributed by atoms with Crippen LogP contribution in [0.15, 0.2) is 18.3 Å². The fourth-order valence-electron chi connectivity index (χ4n) is 1.23. The number of hydrogen-bond acceptors (Lipinski definition) is 2. The van der Waals surface area contributed by atoms with E-state index in [9.17, 15) is 0 Å². The summed E-state index contributed by atoms with van der Waals surface area (Å²) in [5.74, 6) is 0. The monoisotopic (exact) mass is 192 g/mol. The first-order valence-corrected chi connectivity index (χ1v) is 4.44. The molecule has 0 unspecified atom stereocenters. The van der Waals surface area contributed by atoms with Crippen molar-refractivity contribution < 1.29 is 0 Å². The molecule has 13 heavy (non-hydrogen) atoms. The number of rotatable bonds is 0. The van der Waals surface area contributed by atoms with E-state index in [1.54, 1.807) is 6.20 Å². The Balaban J connectivity index is 2.81. The molecule has 0 saturated heterocycles. The fraction of sp³-hybridized carbons (Fsp3) is 0.200. The van der Waals surface area contributed by atoms with E-state index < -0.39 is 0 Å². The van der Waals surface area contributed by atoms with E-state index in [4.69, 9.17) is 11.6 Å². The van der Waals surface area contributed by atoms with Crippen molar-refractivity contribution in [3.63, 3.8) is 0 Å². The summed E-state index contributed by atoms with van der Waals surface area (Å²) in [5, 5.41) is 0.743. The predicted molar refractivity (Wildman–Crippen MR) is 54.0 cm³/mol. The van der Waals surface area contributed by atoms with Gasteiger partial charge >= 0.3 is 0 Å². The molecule has 0 N–H and O–H groups in total. The Morgan fingerprint density at radius 2 is 1.92 bits per heavy atom. The summed E-state index contributed by atoms with van der Waals surface area (Å²) in [7, 11) is 0. The van der Waals surface area contributed by atoms with Crippen molar-refractivity contribution in [1.82, 2.24) is 9.97 Å². The van der Waals surface area contributed by atoms with Gasteiger partial charge in [0.15, 0.2) is 0 Å². The van der Waals surface area contributed by atoms with Crippen LogP contribution in [-0.4, -0.2) is 9.97 Å². The molecule has 0 aliphatic heterocycles. The van der Waals surface area contributed by atoms with Crippen LogP contribution in [0.2, 0.25) is 5.02 Å². The van der Waals surface area contributed by atoms with E-state index >= 15 is 0 Å². The highest BCUT2D eigenvalue weighted by Crippen LogP contribution is 2.20. The zero-order valence-electron chi connectivity index (χ0n) is 7.50. The normalized spacial score (nSPS) is 10.7. The highest BCUT2D eigenvalue weighted by Gasteiger charge is 2.01. The van der Waals surface area contributed by atoms with E-state index in [0.717, 1.165) is 27.3 Å². The van der Waals surface area contributed by atoms with Crippen LogP contribution in [0.25, 0.3) is 11.0 Å². The summed E-state index contributed by atoms with van der Waals surface area (Å²) in [6.45, 7) is 3.88. The zero-order valence-corrected chi connectivity index (χ0v) is 8.26. The summed E-state index contributed by atoms with van der Waals surface area (Å²) >= 11 is 5.97. The minimum absolute atomic E-state index is 0.743. The summed E-state index contributed by atoms with van der Waals surface area (Å²) in [4.78, 5) is 8.59. The van der Waals surface area contributed by atoms with Crippen LogP contribution in [0.1, 0.15) is 11.3 Å². The zero-order chi connectivity index (χ0) is 9.42. The number of fused-ring (bicyclic) bond motifs is 1. The van der Waals surface area contributed by atoms with E-state index in [2.05, 4.69) is 9.97 Å². The van der Waals surface area contributed by atoms with Gasteiger partial charge in [-0.05, 0) is 31.5 Å². The molecule has 0 aliphatic carbocycles. The van der Waals surface area contributed by atoms with E-state index in [1.807, 2.05) is 26.0 Å². The fourth-order valence-corrected chi connectivity index (χ4v) is 1.39. The maximum atomic E-state index is 5.97. The lowest BCUT2D eigenvalue weighted by atomic mass is 10.2. The van der Waals surface area contributed by atoms with Crippen LogP contribution in [0.5, 0.6) is 0 Å². The Kier molecular flexibility index (Phi) is 1.93. The van der Waals surface area contributed by atoms with Crippen molar-refractivity contribution in [3.8, 4) is 0 Å². The van der Waals surface area contributed by atoms with Crippen LogP contribution in [0.4, 0.5) is 0 Å². The van der Waals surface area contributed by atoms with E-state index in [1.165, 1.54) is 0 Å². The molecule has 2 nitrogen and oxygen atoms in total. The minimum Gasteiger partial charge on any atom is -0.253 e. The van der Waals surface area contributed by atoms with Gasteiger partial charge in [-0.1, -0.05) is 11.6 Å². The number of halogens is 1. The molecule has 0 saturated carbocycles. The lowest BCUT2D eigenvalue weighted by Gasteiger charge is -2.01. The second kappa shape index (κ2) is 2.96. The molecular weight excluding hydrogens is 184 g/mol. The molecule has 1 aromatic heterocycles. The Labute approximate surface area is 81.6 Å². The van der Waals surface area contributed by atoms with Gasteiger partial charge < -0.3 is 0 Å². The van der Waals surface area contributed by atoms with Crippen molar-refractivity contribution in [2.45, 2.75) is 13.8 Å². The van der Waals surface area contributed by atoms with Gasteiger partial charge in [-0.2, -0.15) is 0 Å². The van der Waals surface area contributed by atoms with Crippen molar-refractivity contribution in [2.75, 3.05) is 0 Å². The first kappa shape index (κ1) is 8.45. The van der Waals surface area contributed by atoms with Gasteiger partial charge in [0.2, 0.25) is 0 Å². The van der Waals surface area contributed by atoms with Gasteiger partial charge in [0, 0.05) is 11.2 Å². The summed E-state index contributed by atoms with van der Waals surface area (Å²) < 4.78 is 0. The van der Waals surface area contributed by atoms with Gasteiger partial charge in [-0.15, -0.1) is 0 Å². The molecular formula is C10H9ClN2. The smallest absolute Gasteiger partial charge is 0.0905 e. The molecule has 0 bridgehead atoms. The van der Waals surface area contributed by atoms with Crippen LogP contribution < -0.4 is 0 Å².